The fourth-order valence-corrected chi connectivity index (χ4v) is 7.63. The molecule has 0 bridgehead atoms. The number of hydrogen-bond donors (Lipinski definition) is 0. The maximum absolute atomic E-state index is 13.7. The highest BCUT2D eigenvalue weighted by atomic mass is 35.5. The average molecular weight is 708 g/mol. The molecule has 2 atom stereocenters. The molecule has 0 N–H and O–H groups in total. The van der Waals surface area contributed by atoms with Gasteiger partial charge < -0.3 is 23.8 Å². The number of likely N-dealkylation sites (tertiary alicyclic amines) is 1. The van der Waals surface area contributed by atoms with Gasteiger partial charge in [-0.3, -0.25) is 9.78 Å². The lowest BCUT2D eigenvalue weighted by Crippen LogP contribution is -2.52. The van der Waals surface area contributed by atoms with Gasteiger partial charge in [-0.25, -0.2) is 9.48 Å². The van der Waals surface area contributed by atoms with Crippen LogP contribution in [0.4, 0.5) is 4.79 Å². The summed E-state index contributed by atoms with van der Waals surface area (Å²) in [5.41, 5.74) is 2.36. The molecule has 2 fully saturated rings. The van der Waals surface area contributed by atoms with E-state index in [1.807, 2.05) is 68.8 Å². The normalized spacial score (nSPS) is 19.8. The third-order valence-electron chi connectivity index (χ3n) is 9.40. The van der Waals surface area contributed by atoms with Gasteiger partial charge in [-0.2, -0.15) is 5.10 Å². The van der Waals surface area contributed by atoms with Gasteiger partial charge in [0, 0.05) is 61.4 Å². The first-order chi connectivity index (χ1) is 23.4. The topological polar surface area (TPSA) is 105 Å². The number of rotatable bonds is 5. The second kappa shape index (κ2) is 13.1. The van der Waals surface area contributed by atoms with Crippen LogP contribution < -0.4 is 9.47 Å². The standard InChI is InChI=1S/C37H40Cl2N4O6/c1-22(33-27(38)20-40-21-28(33)39)47-24-9-10-29-25(18-24)34(41-43(29)32-7-5-6-16-46-32)23-8-11-31-26(17-23)30(44)19-37(48-31)12-14-42(15-13-37)35(45)49-36(2,3)4/h8-11,17-18,20-22,32H,5-7,12-16,19H2,1-4H3/t22-,32?/m1/s1. The number of aromatic nitrogens is 3. The van der Waals surface area contributed by atoms with Crippen molar-refractivity contribution < 1.29 is 28.5 Å². The zero-order valence-corrected chi connectivity index (χ0v) is 29.6. The number of hydrogen-bond acceptors (Lipinski definition) is 8. The highest BCUT2D eigenvalue weighted by Crippen LogP contribution is 2.43. The van der Waals surface area contributed by atoms with Crippen LogP contribution in [0, 0.1) is 0 Å². The van der Waals surface area contributed by atoms with Gasteiger partial charge in [-0.15, -0.1) is 0 Å². The van der Waals surface area contributed by atoms with Crippen LogP contribution in [0.5, 0.6) is 11.5 Å². The van der Waals surface area contributed by atoms with Crippen molar-refractivity contribution in [3.8, 4) is 22.8 Å². The van der Waals surface area contributed by atoms with Crippen molar-refractivity contribution in [2.75, 3.05) is 19.7 Å². The van der Waals surface area contributed by atoms with E-state index in [1.165, 1.54) is 0 Å². The molecular weight excluding hydrogens is 667 g/mol. The number of pyridine rings is 1. The number of benzene rings is 2. The first-order valence-corrected chi connectivity index (χ1v) is 17.6. The zero-order chi connectivity index (χ0) is 34.5. The minimum atomic E-state index is -0.653. The maximum atomic E-state index is 13.7. The molecule has 1 amide bonds. The Morgan fingerprint density at radius 2 is 1.82 bits per heavy atom. The molecule has 7 rings (SSSR count). The molecule has 0 radical (unpaired) electrons. The predicted molar refractivity (Wildman–Crippen MR) is 187 cm³/mol. The Labute approximate surface area is 295 Å². The van der Waals surface area contributed by atoms with E-state index >= 15 is 0 Å². The van der Waals surface area contributed by atoms with E-state index in [2.05, 4.69) is 4.98 Å². The van der Waals surface area contributed by atoms with Crippen molar-refractivity contribution in [3.63, 3.8) is 0 Å². The van der Waals surface area contributed by atoms with Crippen LogP contribution in [0.15, 0.2) is 48.8 Å². The summed E-state index contributed by atoms with van der Waals surface area (Å²) in [6.07, 6.45) is 6.39. The van der Waals surface area contributed by atoms with Gasteiger partial charge in [0.2, 0.25) is 0 Å². The minimum absolute atomic E-state index is 0.0112. The van der Waals surface area contributed by atoms with Crippen LogP contribution in [0.1, 0.15) is 94.5 Å². The maximum Gasteiger partial charge on any atom is 0.410 e. The van der Waals surface area contributed by atoms with Crippen molar-refractivity contribution in [2.24, 2.45) is 0 Å². The van der Waals surface area contributed by atoms with Crippen molar-refractivity contribution in [1.82, 2.24) is 19.7 Å². The first-order valence-electron chi connectivity index (χ1n) is 16.8. The summed E-state index contributed by atoms with van der Waals surface area (Å²) in [5, 5.41) is 6.81. The Bertz CT molecular complexity index is 1890. The fourth-order valence-electron chi connectivity index (χ4n) is 6.96. The molecule has 0 aliphatic carbocycles. The van der Waals surface area contributed by atoms with Gasteiger partial charge in [0.1, 0.15) is 34.5 Å². The van der Waals surface area contributed by atoms with Gasteiger partial charge >= 0.3 is 6.09 Å². The van der Waals surface area contributed by atoms with Gasteiger partial charge in [0.15, 0.2) is 12.0 Å². The van der Waals surface area contributed by atoms with E-state index in [-0.39, 0.29) is 24.5 Å². The summed E-state index contributed by atoms with van der Waals surface area (Å²) in [7, 11) is 0. The number of amides is 1. The lowest BCUT2D eigenvalue weighted by atomic mass is 9.82. The molecule has 12 heteroatoms. The van der Waals surface area contributed by atoms with E-state index < -0.39 is 17.3 Å². The minimum Gasteiger partial charge on any atom is -0.486 e. The number of carbonyl (C=O) groups excluding carboxylic acids is 2. The SMILES string of the molecule is C[C@@H](Oc1ccc2c(c1)c(-c1ccc3c(c1)C(=O)CC1(CCN(C(=O)OC(C)(C)C)CC1)O3)nn2C1CCCCO1)c1c(Cl)cncc1Cl. The monoisotopic (exact) mass is 706 g/mol. The fraction of sp³-hybridized carbons (Fsp3) is 0.459. The number of piperidine rings is 1. The van der Waals surface area contributed by atoms with Gasteiger partial charge in [0.25, 0.3) is 0 Å². The summed E-state index contributed by atoms with van der Waals surface area (Å²) < 4.78 is 26.6. The number of halogens is 2. The van der Waals surface area contributed by atoms with Crippen LogP contribution in [0.25, 0.3) is 22.2 Å². The number of Topliss-reactive ketones (excluding diaryl/α,β-unsaturated/α-hetero) is 1. The van der Waals surface area contributed by atoms with Gasteiger partial charge in [-0.1, -0.05) is 23.2 Å². The van der Waals surface area contributed by atoms with E-state index in [1.54, 1.807) is 17.3 Å². The summed E-state index contributed by atoms with van der Waals surface area (Å²) in [4.78, 5) is 32.1. The van der Waals surface area contributed by atoms with E-state index in [0.29, 0.717) is 70.9 Å². The number of ketones is 1. The molecule has 49 heavy (non-hydrogen) atoms. The second-order valence-electron chi connectivity index (χ2n) is 14.1. The summed E-state index contributed by atoms with van der Waals surface area (Å²) in [6, 6.07) is 11.5. The third-order valence-corrected chi connectivity index (χ3v) is 10.0. The lowest BCUT2D eigenvalue weighted by Gasteiger charge is -2.44. The Morgan fingerprint density at radius 3 is 2.51 bits per heavy atom. The van der Waals surface area contributed by atoms with E-state index in [9.17, 15) is 9.59 Å². The van der Waals surface area contributed by atoms with Crippen LogP contribution >= 0.6 is 23.2 Å². The number of carbonyl (C=O) groups is 2. The van der Waals surface area contributed by atoms with Gasteiger partial charge in [-0.05, 0) is 83.4 Å². The van der Waals surface area contributed by atoms with Crippen LogP contribution in [0.3, 0.4) is 0 Å². The number of fused-ring (bicyclic) bond motifs is 2. The molecule has 1 spiro atoms. The summed E-state index contributed by atoms with van der Waals surface area (Å²) in [5.74, 6) is 1.18. The van der Waals surface area contributed by atoms with Crippen molar-refractivity contribution in [1.29, 1.82) is 0 Å². The molecule has 3 aliphatic rings. The first kappa shape index (κ1) is 33.6. The zero-order valence-electron chi connectivity index (χ0n) is 28.1. The molecule has 2 aromatic heterocycles. The molecule has 0 saturated carbocycles. The molecule has 10 nitrogen and oxygen atoms in total. The molecule has 4 aromatic rings. The van der Waals surface area contributed by atoms with Crippen molar-refractivity contribution in [2.45, 2.75) is 89.8 Å². The average Bonchev–Trinajstić information content (AvgIpc) is 3.43. The molecule has 2 aromatic carbocycles. The Balaban J connectivity index is 1.18. The third kappa shape index (κ3) is 6.83. The van der Waals surface area contributed by atoms with Crippen molar-refractivity contribution in [3.05, 3.63) is 70.0 Å². The molecule has 5 heterocycles. The van der Waals surface area contributed by atoms with Crippen molar-refractivity contribution >= 4 is 46.0 Å². The van der Waals surface area contributed by atoms with Crippen LogP contribution in [0.2, 0.25) is 10.0 Å². The number of ether oxygens (including phenoxy) is 4. The molecule has 3 aliphatic heterocycles. The predicted octanol–water partition coefficient (Wildman–Crippen LogP) is 8.98. The highest BCUT2D eigenvalue weighted by Gasteiger charge is 2.44. The Kier molecular flexibility index (Phi) is 9.00. The summed E-state index contributed by atoms with van der Waals surface area (Å²) in [6.45, 7) is 9.05. The second-order valence-corrected chi connectivity index (χ2v) is 14.9. The largest absolute Gasteiger partial charge is 0.486 e. The highest BCUT2D eigenvalue weighted by molar-refractivity contribution is 6.35. The van der Waals surface area contributed by atoms with E-state index in [0.717, 1.165) is 35.7 Å². The lowest BCUT2D eigenvalue weighted by molar-refractivity contribution is -0.0365. The van der Waals surface area contributed by atoms with E-state index in [4.69, 9.17) is 47.2 Å². The Morgan fingerprint density at radius 1 is 1.06 bits per heavy atom. The Hall–Kier alpha value is -3.86. The molecular formula is C37H40Cl2N4O6. The molecule has 258 valence electrons. The quantitative estimate of drug-likeness (QED) is 0.203. The number of nitrogens with zero attached hydrogens (tertiary/aromatic N) is 4. The molecule has 2 saturated heterocycles. The van der Waals surface area contributed by atoms with Gasteiger partial charge in [0.05, 0.1) is 27.5 Å². The summed E-state index contributed by atoms with van der Waals surface area (Å²) >= 11 is 12.8. The van der Waals surface area contributed by atoms with Crippen LogP contribution in [-0.4, -0.2) is 62.4 Å². The molecule has 1 unspecified atom stereocenters. The smallest absolute Gasteiger partial charge is 0.410 e. The van der Waals surface area contributed by atoms with Crippen LogP contribution in [-0.2, 0) is 9.47 Å².